The lowest BCUT2D eigenvalue weighted by Crippen LogP contribution is -2.34. The highest BCUT2D eigenvalue weighted by molar-refractivity contribution is 5.75. The van der Waals surface area contributed by atoms with Crippen LogP contribution in [0.4, 0.5) is 4.79 Å². The van der Waals surface area contributed by atoms with Crippen LogP contribution >= 0.6 is 0 Å². The van der Waals surface area contributed by atoms with Gasteiger partial charge in [0.15, 0.2) is 0 Å². The van der Waals surface area contributed by atoms with E-state index in [2.05, 4.69) is 4.84 Å². The second-order valence-corrected chi connectivity index (χ2v) is 2.08. The van der Waals surface area contributed by atoms with E-state index in [4.69, 9.17) is 5.21 Å². The number of amides is 2. The summed E-state index contributed by atoms with van der Waals surface area (Å²) in [6, 6.07) is -1.04. The lowest BCUT2D eigenvalue weighted by molar-refractivity contribution is -0.149. The molecular formula is C6H10N2O5. The van der Waals surface area contributed by atoms with Crippen LogP contribution in [0.25, 0.3) is 0 Å². The fourth-order valence-electron chi connectivity index (χ4n) is 0.507. The number of hydroxylamine groups is 2. The number of rotatable bonds is 4. The first-order valence-electron chi connectivity index (χ1n) is 3.54. The van der Waals surface area contributed by atoms with E-state index in [0.717, 1.165) is 0 Å². The molecule has 0 aliphatic rings. The van der Waals surface area contributed by atoms with Gasteiger partial charge in [0.05, 0.1) is 0 Å². The molecule has 3 N–H and O–H groups in total. The molecule has 0 aromatic heterocycles. The lowest BCUT2D eigenvalue weighted by Gasteiger charge is -2.02. The lowest BCUT2D eigenvalue weighted by atomic mass is 10.2. The Bertz CT molecular complexity index is 193. The van der Waals surface area contributed by atoms with Gasteiger partial charge in [-0.05, 0) is 6.42 Å². The van der Waals surface area contributed by atoms with Gasteiger partial charge in [-0.3, -0.25) is 5.21 Å². The standard InChI is InChI=1S/C6H10N2O5/c9-4-2-1-3-5(10)13-8-6(11)7-12/h4,12H,1-3H2,(H2,7,8,11). The average molecular weight is 190 g/mol. The van der Waals surface area contributed by atoms with Gasteiger partial charge in [0.1, 0.15) is 6.29 Å². The molecule has 0 aromatic rings. The number of nitrogens with one attached hydrogen (secondary N) is 2. The zero-order chi connectivity index (χ0) is 10.1. The van der Waals surface area contributed by atoms with Crippen molar-refractivity contribution in [2.75, 3.05) is 0 Å². The molecule has 0 saturated carbocycles. The van der Waals surface area contributed by atoms with Crippen LogP contribution in [-0.2, 0) is 14.4 Å². The molecule has 0 aliphatic carbocycles. The minimum atomic E-state index is -1.04. The van der Waals surface area contributed by atoms with E-state index in [0.29, 0.717) is 12.7 Å². The van der Waals surface area contributed by atoms with Crippen molar-refractivity contribution in [3.05, 3.63) is 0 Å². The van der Waals surface area contributed by atoms with Gasteiger partial charge in [0.2, 0.25) is 0 Å². The molecule has 0 heterocycles. The van der Waals surface area contributed by atoms with E-state index in [1.54, 1.807) is 5.48 Å². The van der Waals surface area contributed by atoms with Gasteiger partial charge in [-0.2, -0.15) is 5.48 Å². The van der Waals surface area contributed by atoms with Gasteiger partial charge >= 0.3 is 12.0 Å². The van der Waals surface area contributed by atoms with Crippen molar-refractivity contribution in [1.82, 2.24) is 11.0 Å². The fraction of sp³-hybridized carbons (Fsp3) is 0.500. The number of hydrogen-bond donors (Lipinski definition) is 3. The van der Waals surface area contributed by atoms with Crippen LogP contribution in [-0.4, -0.2) is 23.5 Å². The van der Waals surface area contributed by atoms with Crippen molar-refractivity contribution in [1.29, 1.82) is 0 Å². The summed E-state index contributed by atoms with van der Waals surface area (Å²) < 4.78 is 0. The second kappa shape index (κ2) is 7.04. The van der Waals surface area contributed by atoms with Crippen LogP contribution in [0.1, 0.15) is 19.3 Å². The summed E-state index contributed by atoms with van der Waals surface area (Å²) in [6.07, 6.45) is 1.34. The highest BCUT2D eigenvalue weighted by Crippen LogP contribution is 1.93. The smallest absolute Gasteiger partial charge is 0.339 e. The van der Waals surface area contributed by atoms with Crippen molar-refractivity contribution in [3.8, 4) is 0 Å². The molecule has 0 aliphatic heterocycles. The Morgan fingerprint density at radius 3 is 2.69 bits per heavy atom. The minimum absolute atomic E-state index is 0.0322. The van der Waals surface area contributed by atoms with Gasteiger partial charge in [-0.25, -0.2) is 15.1 Å². The summed E-state index contributed by atoms with van der Waals surface area (Å²) in [5.74, 6) is -0.676. The van der Waals surface area contributed by atoms with Crippen LogP contribution in [0.15, 0.2) is 0 Å². The molecule has 0 bridgehead atoms. The maximum atomic E-state index is 10.7. The Labute approximate surface area is 74.0 Å². The quantitative estimate of drug-likeness (QED) is 0.240. The SMILES string of the molecule is O=CCCCC(=O)ONC(=O)NO. The number of urea groups is 1. The number of carbonyl (C=O) groups is 3. The normalized spacial score (nSPS) is 8.69. The van der Waals surface area contributed by atoms with Crippen LogP contribution < -0.4 is 11.0 Å². The molecule has 0 fully saturated rings. The Morgan fingerprint density at radius 1 is 1.46 bits per heavy atom. The van der Waals surface area contributed by atoms with Crippen molar-refractivity contribution >= 4 is 18.3 Å². The van der Waals surface area contributed by atoms with Gasteiger partial charge in [-0.1, -0.05) is 0 Å². The maximum absolute atomic E-state index is 10.7. The van der Waals surface area contributed by atoms with Crippen LogP contribution in [0.3, 0.4) is 0 Å². The van der Waals surface area contributed by atoms with Gasteiger partial charge < -0.3 is 9.63 Å². The van der Waals surface area contributed by atoms with Crippen molar-refractivity contribution in [3.63, 3.8) is 0 Å². The third-order valence-electron chi connectivity index (χ3n) is 1.06. The highest BCUT2D eigenvalue weighted by Gasteiger charge is 2.04. The molecule has 0 aromatic carbocycles. The summed E-state index contributed by atoms with van der Waals surface area (Å²) in [5, 5.41) is 7.96. The number of aldehydes is 1. The number of unbranched alkanes of at least 4 members (excludes halogenated alkanes) is 1. The van der Waals surface area contributed by atoms with E-state index >= 15 is 0 Å². The molecule has 0 rings (SSSR count). The van der Waals surface area contributed by atoms with Gasteiger partial charge in [0, 0.05) is 12.8 Å². The highest BCUT2D eigenvalue weighted by atomic mass is 16.7. The third-order valence-corrected chi connectivity index (χ3v) is 1.06. The van der Waals surface area contributed by atoms with E-state index in [1.165, 1.54) is 5.48 Å². The zero-order valence-electron chi connectivity index (χ0n) is 6.78. The van der Waals surface area contributed by atoms with E-state index < -0.39 is 12.0 Å². The fourth-order valence-corrected chi connectivity index (χ4v) is 0.507. The molecule has 0 radical (unpaired) electrons. The average Bonchev–Trinajstić information content (AvgIpc) is 2.14. The molecule has 7 heteroatoms. The van der Waals surface area contributed by atoms with E-state index in [-0.39, 0.29) is 12.8 Å². The molecule has 0 saturated heterocycles. The van der Waals surface area contributed by atoms with Crippen molar-refractivity contribution in [2.24, 2.45) is 0 Å². The minimum Gasteiger partial charge on any atom is -0.339 e. The molecule has 0 atom stereocenters. The topological polar surface area (TPSA) is 105 Å². The summed E-state index contributed by atoms with van der Waals surface area (Å²) >= 11 is 0. The molecule has 0 unspecified atom stereocenters. The molecule has 7 nitrogen and oxygen atoms in total. The Morgan fingerprint density at radius 2 is 2.15 bits per heavy atom. The number of hydrogen-bond acceptors (Lipinski definition) is 5. The van der Waals surface area contributed by atoms with Crippen molar-refractivity contribution in [2.45, 2.75) is 19.3 Å². The summed E-state index contributed by atoms with van der Waals surface area (Å²) in [6.45, 7) is 0. The molecular weight excluding hydrogens is 180 g/mol. The van der Waals surface area contributed by atoms with E-state index in [9.17, 15) is 14.4 Å². The van der Waals surface area contributed by atoms with Crippen LogP contribution in [0, 0.1) is 0 Å². The zero-order valence-corrected chi connectivity index (χ0v) is 6.78. The van der Waals surface area contributed by atoms with Crippen LogP contribution in [0.5, 0.6) is 0 Å². The van der Waals surface area contributed by atoms with Gasteiger partial charge in [-0.15, -0.1) is 0 Å². The van der Waals surface area contributed by atoms with Crippen molar-refractivity contribution < 1.29 is 24.4 Å². The predicted molar refractivity (Wildman–Crippen MR) is 39.5 cm³/mol. The Hall–Kier alpha value is -1.63. The summed E-state index contributed by atoms with van der Waals surface area (Å²) in [5.41, 5.74) is 2.83. The third kappa shape index (κ3) is 6.76. The van der Waals surface area contributed by atoms with Gasteiger partial charge in [0.25, 0.3) is 0 Å². The summed E-state index contributed by atoms with van der Waals surface area (Å²) in [7, 11) is 0. The maximum Gasteiger partial charge on any atom is 0.371 e. The first-order chi connectivity index (χ1) is 6.20. The second-order valence-electron chi connectivity index (χ2n) is 2.08. The number of carbonyl (C=O) groups excluding carboxylic acids is 3. The van der Waals surface area contributed by atoms with E-state index in [1.807, 2.05) is 0 Å². The Kier molecular flexibility index (Phi) is 6.16. The predicted octanol–water partition coefficient (Wildman–Crippen LogP) is -0.498. The molecule has 2 amide bonds. The molecule has 13 heavy (non-hydrogen) atoms. The van der Waals surface area contributed by atoms with Crippen LogP contribution in [0.2, 0.25) is 0 Å². The molecule has 0 spiro atoms. The monoisotopic (exact) mass is 190 g/mol. The molecule has 74 valence electrons. The first kappa shape index (κ1) is 11.4. The largest absolute Gasteiger partial charge is 0.371 e. The summed E-state index contributed by atoms with van der Waals surface area (Å²) in [4.78, 5) is 34.9. The first-order valence-corrected chi connectivity index (χ1v) is 3.54. The Balaban J connectivity index is 3.40.